The number of anilines is 3. The SMILES string of the molecule is CNc1ccc(Nc2ccc(Br)c(C)c2)cc1. The maximum absolute atomic E-state index is 3.50. The summed E-state index contributed by atoms with van der Waals surface area (Å²) in [6.07, 6.45) is 0. The lowest BCUT2D eigenvalue weighted by molar-refractivity contribution is 1.41. The molecule has 0 heterocycles. The molecule has 0 bridgehead atoms. The van der Waals surface area contributed by atoms with Crippen molar-refractivity contribution in [3.63, 3.8) is 0 Å². The molecule has 0 aliphatic rings. The second-order valence-corrected chi connectivity index (χ2v) is 4.77. The average molecular weight is 291 g/mol. The molecule has 0 radical (unpaired) electrons. The Morgan fingerprint density at radius 3 is 2.06 bits per heavy atom. The number of halogens is 1. The Labute approximate surface area is 110 Å². The fourth-order valence-electron chi connectivity index (χ4n) is 1.61. The van der Waals surface area contributed by atoms with Crippen LogP contribution in [0.25, 0.3) is 0 Å². The smallest absolute Gasteiger partial charge is 0.0387 e. The van der Waals surface area contributed by atoms with Crippen LogP contribution in [0.3, 0.4) is 0 Å². The maximum Gasteiger partial charge on any atom is 0.0387 e. The molecule has 2 rings (SSSR count). The summed E-state index contributed by atoms with van der Waals surface area (Å²) in [5.74, 6) is 0. The quantitative estimate of drug-likeness (QED) is 0.867. The molecule has 88 valence electrons. The molecule has 0 aliphatic heterocycles. The summed E-state index contributed by atoms with van der Waals surface area (Å²) in [6, 6.07) is 14.5. The predicted octanol–water partition coefficient (Wildman–Crippen LogP) is 4.54. The van der Waals surface area contributed by atoms with E-state index in [1.54, 1.807) is 0 Å². The summed E-state index contributed by atoms with van der Waals surface area (Å²) < 4.78 is 1.13. The van der Waals surface area contributed by atoms with Gasteiger partial charge in [0, 0.05) is 28.6 Å². The van der Waals surface area contributed by atoms with Crippen molar-refractivity contribution in [3.8, 4) is 0 Å². The molecule has 2 N–H and O–H groups in total. The van der Waals surface area contributed by atoms with Crippen LogP contribution >= 0.6 is 15.9 Å². The van der Waals surface area contributed by atoms with E-state index in [1.807, 2.05) is 19.2 Å². The minimum Gasteiger partial charge on any atom is -0.388 e. The van der Waals surface area contributed by atoms with Crippen molar-refractivity contribution >= 4 is 33.0 Å². The first-order valence-corrected chi connectivity index (χ1v) is 6.29. The molecule has 2 aromatic carbocycles. The van der Waals surface area contributed by atoms with Gasteiger partial charge in [-0.25, -0.2) is 0 Å². The van der Waals surface area contributed by atoms with Crippen LogP contribution in [0.4, 0.5) is 17.1 Å². The average Bonchev–Trinajstić information content (AvgIpc) is 2.35. The molecule has 0 unspecified atom stereocenters. The predicted molar refractivity (Wildman–Crippen MR) is 78.2 cm³/mol. The van der Waals surface area contributed by atoms with Gasteiger partial charge in [-0.3, -0.25) is 0 Å². The van der Waals surface area contributed by atoms with E-state index < -0.39 is 0 Å². The van der Waals surface area contributed by atoms with Crippen LogP contribution < -0.4 is 10.6 Å². The van der Waals surface area contributed by atoms with Gasteiger partial charge in [0.2, 0.25) is 0 Å². The molecule has 0 fully saturated rings. The van der Waals surface area contributed by atoms with Crippen LogP contribution in [0.15, 0.2) is 46.9 Å². The fourth-order valence-corrected chi connectivity index (χ4v) is 1.86. The van der Waals surface area contributed by atoms with Crippen molar-refractivity contribution in [1.29, 1.82) is 0 Å². The van der Waals surface area contributed by atoms with Crippen molar-refractivity contribution in [1.82, 2.24) is 0 Å². The lowest BCUT2D eigenvalue weighted by Crippen LogP contribution is -1.92. The highest BCUT2D eigenvalue weighted by Gasteiger charge is 1.98. The third-order valence-corrected chi connectivity index (χ3v) is 3.51. The zero-order valence-corrected chi connectivity index (χ0v) is 11.5. The molecule has 0 amide bonds. The van der Waals surface area contributed by atoms with Crippen LogP contribution in [-0.2, 0) is 0 Å². The Morgan fingerprint density at radius 2 is 1.47 bits per heavy atom. The number of hydrogen-bond donors (Lipinski definition) is 2. The highest BCUT2D eigenvalue weighted by molar-refractivity contribution is 9.10. The van der Waals surface area contributed by atoms with E-state index in [2.05, 4.69) is 63.8 Å². The van der Waals surface area contributed by atoms with Gasteiger partial charge in [0.05, 0.1) is 0 Å². The van der Waals surface area contributed by atoms with Crippen LogP contribution in [0.1, 0.15) is 5.56 Å². The van der Waals surface area contributed by atoms with E-state index in [9.17, 15) is 0 Å². The van der Waals surface area contributed by atoms with Gasteiger partial charge in [-0.05, 0) is 55.0 Å². The van der Waals surface area contributed by atoms with Crippen molar-refractivity contribution in [2.24, 2.45) is 0 Å². The number of hydrogen-bond acceptors (Lipinski definition) is 2. The van der Waals surface area contributed by atoms with Crippen LogP contribution in [0.5, 0.6) is 0 Å². The monoisotopic (exact) mass is 290 g/mol. The summed E-state index contributed by atoms with van der Waals surface area (Å²) in [5, 5.41) is 6.48. The van der Waals surface area contributed by atoms with E-state index in [0.717, 1.165) is 21.5 Å². The topological polar surface area (TPSA) is 24.1 Å². The second-order valence-electron chi connectivity index (χ2n) is 3.92. The molecule has 2 aromatic rings. The van der Waals surface area contributed by atoms with E-state index in [1.165, 1.54) is 5.56 Å². The van der Waals surface area contributed by atoms with Gasteiger partial charge in [-0.1, -0.05) is 15.9 Å². The summed E-state index contributed by atoms with van der Waals surface area (Å²) in [6.45, 7) is 2.08. The third-order valence-electron chi connectivity index (χ3n) is 2.62. The Balaban J connectivity index is 2.16. The number of aryl methyl sites for hydroxylation is 1. The second kappa shape index (κ2) is 5.23. The first kappa shape index (κ1) is 12.0. The van der Waals surface area contributed by atoms with Crippen molar-refractivity contribution in [3.05, 3.63) is 52.5 Å². The molecule has 0 aromatic heterocycles. The molecule has 2 nitrogen and oxygen atoms in total. The number of nitrogens with one attached hydrogen (secondary N) is 2. The van der Waals surface area contributed by atoms with E-state index >= 15 is 0 Å². The van der Waals surface area contributed by atoms with Gasteiger partial charge in [0.25, 0.3) is 0 Å². The van der Waals surface area contributed by atoms with Gasteiger partial charge < -0.3 is 10.6 Å². The summed E-state index contributed by atoms with van der Waals surface area (Å²) >= 11 is 3.50. The summed E-state index contributed by atoms with van der Waals surface area (Å²) in [7, 11) is 1.92. The van der Waals surface area contributed by atoms with Gasteiger partial charge in [-0.2, -0.15) is 0 Å². The highest BCUT2D eigenvalue weighted by atomic mass is 79.9. The molecule has 0 aliphatic carbocycles. The molecule has 3 heteroatoms. The molecule has 0 saturated heterocycles. The van der Waals surface area contributed by atoms with E-state index in [-0.39, 0.29) is 0 Å². The van der Waals surface area contributed by atoms with Gasteiger partial charge in [0.15, 0.2) is 0 Å². The van der Waals surface area contributed by atoms with Crippen LogP contribution in [-0.4, -0.2) is 7.05 Å². The van der Waals surface area contributed by atoms with Crippen LogP contribution in [0, 0.1) is 6.92 Å². The fraction of sp³-hybridized carbons (Fsp3) is 0.143. The number of rotatable bonds is 3. The molecule has 0 atom stereocenters. The van der Waals surface area contributed by atoms with E-state index in [0.29, 0.717) is 0 Å². The summed E-state index contributed by atoms with van der Waals surface area (Å²) in [5.41, 5.74) is 4.53. The standard InChI is InChI=1S/C14H15BrN2/c1-10-9-13(7-8-14(10)15)17-12-5-3-11(16-2)4-6-12/h3-9,16-17H,1-2H3. The zero-order valence-electron chi connectivity index (χ0n) is 9.92. The first-order valence-electron chi connectivity index (χ1n) is 5.50. The normalized spacial score (nSPS) is 10.1. The van der Waals surface area contributed by atoms with Crippen molar-refractivity contribution < 1.29 is 0 Å². The minimum atomic E-state index is 1.09. The molecule has 0 saturated carbocycles. The van der Waals surface area contributed by atoms with E-state index in [4.69, 9.17) is 0 Å². The number of benzene rings is 2. The maximum atomic E-state index is 3.50. The Hall–Kier alpha value is -1.48. The Kier molecular flexibility index (Phi) is 3.69. The zero-order chi connectivity index (χ0) is 12.3. The highest BCUT2D eigenvalue weighted by Crippen LogP contribution is 2.23. The molecule has 17 heavy (non-hydrogen) atoms. The Bertz CT molecular complexity index is 506. The lowest BCUT2D eigenvalue weighted by atomic mass is 10.2. The van der Waals surface area contributed by atoms with Gasteiger partial charge >= 0.3 is 0 Å². The third kappa shape index (κ3) is 3.01. The lowest BCUT2D eigenvalue weighted by Gasteiger charge is -2.09. The van der Waals surface area contributed by atoms with Crippen molar-refractivity contribution in [2.75, 3.05) is 17.7 Å². The van der Waals surface area contributed by atoms with Gasteiger partial charge in [-0.15, -0.1) is 0 Å². The Morgan fingerprint density at radius 1 is 0.882 bits per heavy atom. The van der Waals surface area contributed by atoms with Gasteiger partial charge in [0.1, 0.15) is 0 Å². The molecule has 0 spiro atoms. The van der Waals surface area contributed by atoms with Crippen LogP contribution in [0.2, 0.25) is 0 Å². The molecular weight excluding hydrogens is 276 g/mol. The summed E-state index contributed by atoms with van der Waals surface area (Å²) in [4.78, 5) is 0. The minimum absolute atomic E-state index is 1.09. The van der Waals surface area contributed by atoms with Crippen molar-refractivity contribution in [2.45, 2.75) is 6.92 Å². The largest absolute Gasteiger partial charge is 0.388 e. The molecular formula is C14H15BrN2. The first-order chi connectivity index (χ1) is 8.19.